The summed E-state index contributed by atoms with van der Waals surface area (Å²) in [6, 6.07) is 8.79. The molecule has 1 aromatic heterocycles. The number of nitrogens with zero attached hydrogens (tertiary/aromatic N) is 6. The van der Waals surface area contributed by atoms with Crippen molar-refractivity contribution in [2.75, 3.05) is 18.6 Å². The van der Waals surface area contributed by atoms with Crippen molar-refractivity contribution in [2.45, 2.75) is 44.6 Å². The molecule has 2 aliphatic heterocycles. The van der Waals surface area contributed by atoms with Gasteiger partial charge >= 0.3 is 6.36 Å². The van der Waals surface area contributed by atoms with Crippen LogP contribution < -0.4 is 14.4 Å². The van der Waals surface area contributed by atoms with Gasteiger partial charge in [0.1, 0.15) is 47.7 Å². The Kier molecular flexibility index (Phi) is 6.19. The van der Waals surface area contributed by atoms with Gasteiger partial charge in [0.2, 0.25) is 0 Å². The number of rotatable bonds is 5. The Bertz CT molecular complexity index is 1260. The molecule has 2 aromatic carbocycles. The zero-order valence-corrected chi connectivity index (χ0v) is 19.6. The van der Waals surface area contributed by atoms with Crippen molar-refractivity contribution >= 4 is 12.0 Å². The fourth-order valence-corrected chi connectivity index (χ4v) is 4.78. The van der Waals surface area contributed by atoms with E-state index in [-0.39, 0.29) is 23.5 Å². The first kappa shape index (κ1) is 23.9. The van der Waals surface area contributed by atoms with Crippen LogP contribution in [0.2, 0.25) is 0 Å². The van der Waals surface area contributed by atoms with Gasteiger partial charge in [-0.2, -0.15) is 10.2 Å². The van der Waals surface area contributed by atoms with Crippen LogP contribution in [0.3, 0.4) is 0 Å². The SMILES string of the molecule is COc1cc(N2C=NN3CCCCC(c4ccc(OC(F)(F)F)cc4)C32)c(F)cc1-n1cnc(C)n1. The molecule has 2 aliphatic rings. The number of fused-ring (bicyclic) bond motifs is 1. The third kappa shape index (κ3) is 4.67. The first-order valence-electron chi connectivity index (χ1n) is 11.4. The van der Waals surface area contributed by atoms with Crippen molar-refractivity contribution in [1.29, 1.82) is 0 Å². The van der Waals surface area contributed by atoms with Crippen LogP contribution in [-0.4, -0.2) is 52.3 Å². The van der Waals surface area contributed by atoms with Gasteiger partial charge in [0, 0.05) is 24.6 Å². The summed E-state index contributed by atoms with van der Waals surface area (Å²) in [6.45, 7) is 2.41. The summed E-state index contributed by atoms with van der Waals surface area (Å²) in [6.07, 6.45) is 0.503. The number of hydrogen-bond acceptors (Lipinski definition) is 7. The first-order chi connectivity index (χ1) is 17.2. The van der Waals surface area contributed by atoms with Gasteiger partial charge < -0.3 is 14.4 Å². The topological polar surface area (TPSA) is 68.0 Å². The number of anilines is 1. The summed E-state index contributed by atoms with van der Waals surface area (Å²) in [4.78, 5) is 5.85. The van der Waals surface area contributed by atoms with E-state index in [4.69, 9.17) is 4.74 Å². The summed E-state index contributed by atoms with van der Waals surface area (Å²) in [5, 5.41) is 10.7. The number of aromatic nitrogens is 3. The van der Waals surface area contributed by atoms with Crippen molar-refractivity contribution < 1.29 is 27.0 Å². The molecule has 190 valence electrons. The molecule has 1 fully saturated rings. The van der Waals surface area contributed by atoms with Gasteiger partial charge in [-0.3, -0.25) is 5.01 Å². The molecule has 0 amide bonds. The van der Waals surface area contributed by atoms with Crippen molar-refractivity contribution in [1.82, 2.24) is 19.8 Å². The lowest BCUT2D eigenvalue weighted by Crippen LogP contribution is -2.44. The molecule has 2 atom stereocenters. The van der Waals surface area contributed by atoms with Gasteiger partial charge in [-0.15, -0.1) is 13.2 Å². The molecule has 0 radical (unpaired) electrons. The van der Waals surface area contributed by atoms with Gasteiger partial charge in [0.25, 0.3) is 0 Å². The molecule has 3 heterocycles. The predicted octanol–water partition coefficient (Wildman–Crippen LogP) is 4.98. The molecular weight excluding hydrogens is 480 g/mol. The van der Waals surface area contributed by atoms with E-state index in [9.17, 15) is 13.2 Å². The van der Waals surface area contributed by atoms with E-state index in [1.165, 1.54) is 36.3 Å². The highest BCUT2D eigenvalue weighted by Crippen LogP contribution is 2.41. The van der Waals surface area contributed by atoms with E-state index in [1.54, 1.807) is 36.4 Å². The minimum atomic E-state index is -4.76. The Hall–Kier alpha value is -3.83. The molecule has 0 saturated carbocycles. The molecule has 0 aliphatic carbocycles. The Morgan fingerprint density at radius 1 is 1.06 bits per heavy atom. The number of halogens is 4. The highest BCUT2D eigenvalue weighted by atomic mass is 19.4. The van der Waals surface area contributed by atoms with Crippen LogP contribution in [0.25, 0.3) is 5.69 Å². The highest BCUT2D eigenvalue weighted by molar-refractivity contribution is 5.83. The molecule has 0 N–H and O–H groups in total. The monoisotopic (exact) mass is 504 g/mol. The van der Waals surface area contributed by atoms with E-state index in [2.05, 4.69) is 19.9 Å². The number of benzene rings is 2. The number of hydrogen-bond donors (Lipinski definition) is 0. The van der Waals surface area contributed by atoms with Gasteiger partial charge in [0.15, 0.2) is 0 Å². The molecule has 5 rings (SSSR count). The quantitative estimate of drug-likeness (QED) is 0.457. The lowest BCUT2D eigenvalue weighted by atomic mass is 9.90. The normalized spacial score (nSPS) is 19.8. The maximum absolute atomic E-state index is 15.5. The van der Waals surface area contributed by atoms with Gasteiger partial charge in [-0.25, -0.2) is 14.1 Å². The molecule has 0 bridgehead atoms. The molecule has 8 nitrogen and oxygen atoms in total. The van der Waals surface area contributed by atoms with Crippen LogP contribution >= 0.6 is 0 Å². The van der Waals surface area contributed by atoms with E-state index < -0.39 is 12.2 Å². The number of hydrazone groups is 1. The highest BCUT2D eigenvalue weighted by Gasteiger charge is 2.39. The molecule has 1 saturated heterocycles. The van der Waals surface area contributed by atoms with Crippen LogP contribution in [0.5, 0.6) is 11.5 Å². The fraction of sp³-hybridized carbons (Fsp3) is 0.375. The molecule has 12 heteroatoms. The standard InChI is InChI=1S/C24H24F4N6O2/c1-15-29-13-34(31-15)21-11-19(25)20(12-22(21)35-2)32-14-30-33-10-4-3-5-18(23(32)33)16-6-8-17(9-7-16)36-24(26,27)28/h6-9,11-14,18,23H,3-5,10H2,1-2H3. The van der Waals surface area contributed by atoms with E-state index >= 15 is 4.39 Å². The van der Waals surface area contributed by atoms with Gasteiger partial charge in [-0.1, -0.05) is 18.6 Å². The van der Waals surface area contributed by atoms with Crippen molar-refractivity contribution in [3.8, 4) is 17.2 Å². The zero-order valence-electron chi connectivity index (χ0n) is 19.6. The Labute approximate surface area is 204 Å². The summed E-state index contributed by atoms with van der Waals surface area (Å²) in [5.41, 5.74) is 1.50. The zero-order chi connectivity index (χ0) is 25.4. The second-order valence-electron chi connectivity index (χ2n) is 8.65. The average Bonchev–Trinajstić information content (AvgIpc) is 3.39. The molecule has 2 unspecified atom stereocenters. The maximum atomic E-state index is 15.5. The minimum absolute atomic E-state index is 0.141. The lowest BCUT2D eigenvalue weighted by Gasteiger charge is -2.35. The van der Waals surface area contributed by atoms with Crippen LogP contribution in [0.1, 0.15) is 36.6 Å². The second kappa shape index (κ2) is 9.32. The predicted molar refractivity (Wildman–Crippen MR) is 124 cm³/mol. The number of methoxy groups -OCH3 is 1. The third-order valence-electron chi connectivity index (χ3n) is 6.35. The summed E-state index contributed by atoms with van der Waals surface area (Å²) < 4.78 is 64.3. The van der Waals surface area contributed by atoms with Crippen LogP contribution in [0, 0.1) is 12.7 Å². The Balaban J connectivity index is 1.49. The molecule has 36 heavy (non-hydrogen) atoms. The third-order valence-corrected chi connectivity index (χ3v) is 6.35. The van der Waals surface area contributed by atoms with E-state index in [0.29, 0.717) is 23.8 Å². The molecule has 3 aromatic rings. The van der Waals surface area contributed by atoms with Crippen molar-refractivity contribution in [2.24, 2.45) is 5.10 Å². The molecule has 0 spiro atoms. The summed E-state index contributed by atoms with van der Waals surface area (Å²) in [5.74, 6) is 0.0203. The second-order valence-corrected chi connectivity index (χ2v) is 8.65. The van der Waals surface area contributed by atoms with Crippen LogP contribution in [0.15, 0.2) is 47.8 Å². The van der Waals surface area contributed by atoms with Crippen LogP contribution in [-0.2, 0) is 0 Å². The van der Waals surface area contributed by atoms with E-state index in [0.717, 1.165) is 24.8 Å². The first-order valence-corrected chi connectivity index (χ1v) is 11.4. The van der Waals surface area contributed by atoms with Gasteiger partial charge in [0.05, 0.1) is 12.8 Å². The van der Waals surface area contributed by atoms with Crippen molar-refractivity contribution in [3.63, 3.8) is 0 Å². The van der Waals surface area contributed by atoms with E-state index in [1.807, 2.05) is 5.01 Å². The number of aryl methyl sites for hydroxylation is 1. The largest absolute Gasteiger partial charge is 0.573 e. The molecular formula is C24H24F4N6O2. The maximum Gasteiger partial charge on any atom is 0.573 e. The number of alkyl halides is 3. The smallest absolute Gasteiger partial charge is 0.494 e. The average molecular weight is 504 g/mol. The van der Waals surface area contributed by atoms with Gasteiger partial charge in [-0.05, 0) is 37.5 Å². The summed E-state index contributed by atoms with van der Waals surface area (Å²) >= 11 is 0. The Morgan fingerprint density at radius 3 is 2.50 bits per heavy atom. The fourth-order valence-electron chi connectivity index (χ4n) is 4.78. The summed E-state index contributed by atoms with van der Waals surface area (Å²) in [7, 11) is 1.49. The Morgan fingerprint density at radius 2 is 1.83 bits per heavy atom. The lowest BCUT2D eigenvalue weighted by molar-refractivity contribution is -0.274. The van der Waals surface area contributed by atoms with Crippen molar-refractivity contribution in [3.05, 3.63) is 59.9 Å². The van der Waals surface area contributed by atoms with Crippen LogP contribution in [0.4, 0.5) is 23.2 Å². The number of ether oxygens (including phenoxy) is 2. The minimum Gasteiger partial charge on any atom is -0.494 e.